The molecule has 0 amide bonds. The molecule has 0 N–H and O–H groups in total. The van der Waals surface area contributed by atoms with Crippen molar-refractivity contribution in [1.82, 2.24) is 24.6 Å². The largest absolute Gasteiger partial charge is 0.496 e. The molecule has 7 rings (SSSR count). The second kappa shape index (κ2) is 8.14. The van der Waals surface area contributed by atoms with Crippen molar-refractivity contribution < 1.29 is 13.9 Å². The van der Waals surface area contributed by atoms with Gasteiger partial charge in [0.25, 0.3) is 0 Å². The summed E-state index contributed by atoms with van der Waals surface area (Å²) in [6.45, 7) is 0. The van der Waals surface area contributed by atoms with Gasteiger partial charge in [-0.3, -0.25) is 4.98 Å². The third-order valence-electron chi connectivity index (χ3n) is 6.35. The minimum atomic E-state index is -0.657. The van der Waals surface area contributed by atoms with Gasteiger partial charge in [-0.25, -0.2) is 19.3 Å². The first kappa shape index (κ1) is 21.5. The molecule has 0 saturated heterocycles. The number of nitrogens with zero attached hydrogens (tertiary/aromatic N) is 5. The number of benzene rings is 2. The molecule has 0 aliphatic carbocycles. The molecule has 5 heterocycles. The number of pyridine rings is 1. The van der Waals surface area contributed by atoms with E-state index in [0.717, 1.165) is 0 Å². The van der Waals surface area contributed by atoms with Crippen molar-refractivity contribution in [1.29, 1.82) is 0 Å². The zero-order valence-electron chi connectivity index (χ0n) is 19.3. The third-order valence-corrected chi connectivity index (χ3v) is 6.58. The van der Waals surface area contributed by atoms with Crippen molar-refractivity contribution in [2.45, 2.75) is 5.92 Å². The molecule has 1 aliphatic rings. The number of halogens is 1. The van der Waals surface area contributed by atoms with Crippen LogP contribution in [0.2, 0.25) is 5.02 Å². The van der Waals surface area contributed by atoms with Gasteiger partial charge >= 0.3 is 5.63 Å². The molecule has 0 spiro atoms. The highest BCUT2D eigenvalue weighted by Crippen LogP contribution is 2.48. The molecule has 4 aromatic heterocycles. The summed E-state index contributed by atoms with van der Waals surface area (Å²) in [5.41, 5.74) is 2.47. The number of fused-ring (bicyclic) bond motifs is 6. The summed E-state index contributed by atoms with van der Waals surface area (Å²) in [4.78, 5) is 27.3. The van der Waals surface area contributed by atoms with E-state index in [1.165, 1.54) is 6.33 Å². The number of methoxy groups -OCH3 is 1. The van der Waals surface area contributed by atoms with Crippen LogP contribution in [0.25, 0.3) is 28.0 Å². The second-order valence-corrected chi connectivity index (χ2v) is 8.87. The molecule has 6 aromatic rings. The fraction of sp³-hybridized carbons (Fsp3) is 0.0741. The highest BCUT2D eigenvalue weighted by atomic mass is 35.5. The van der Waals surface area contributed by atoms with Gasteiger partial charge in [-0.15, -0.1) is 5.10 Å². The van der Waals surface area contributed by atoms with Crippen LogP contribution in [0.15, 0.2) is 82.4 Å². The van der Waals surface area contributed by atoms with Crippen molar-refractivity contribution in [3.63, 3.8) is 0 Å². The number of ether oxygens (including phenoxy) is 2. The van der Waals surface area contributed by atoms with Crippen LogP contribution in [0.3, 0.4) is 0 Å². The topological polar surface area (TPSA) is 105 Å². The molecule has 0 saturated carbocycles. The average molecular weight is 510 g/mol. The maximum Gasteiger partial charge on any atom is 0.344 e. The SMILES string of the molecule is COc1ccc(Cl)cc1-c1nc2c3c(ncn2n1)Oc1c(c(=O)oc2ccccc12)C3c1ccccn1. The zero-order valence-corrected chi connectivity index (χ0v) is 20.0. The molecule has 1 aliphatic heterocycles. The van der Waals surface area contributed by atoms with Gasteiger partial charge in [0.1, 0.15) is 17.7 Å². The summed E-state index contributed by atoms with van der Waals surface area (Å²) in [6.07, 6.45) is 3.20. The van der Waals surface area contributed by atoms with E-state index in [2.05, 4.69) is 15.1 Å². The highest BCUT2D eigenvalue weighted by Gasteiger charge is 2.38. The van der Waals surface area contributed by atoms with Gasteiger partial charge in [0.2, 0.25) is 5.88 Å². The number of rotatable bonds is 3. The molecular formula is C27H16ClN5O4. The van der Waals surface area contributed by atoms with Crippen LogP contribution in [0.5, 0.6) is 17.4 Å². The maximum absolute atomic E-state index is 13.4. The Morgan fingerprint density at radius 3 is 2.73 bits per heavy atom. The monoisotopic (exact) mass is 509 g/mol. The normalized spacial score (nSPS) is 14.3. The standard InChI is InChI=1S/C27H16ClN5O4/c1-35-18-10-9-14(28)12-16(18)24-31-25-22-20(17-7-4-5-11-29-17)21-23(37-26(22)30-13-33(25)32-24)15-6-2-3-8-19(15)36-27(21)34/h2-13,20H,1H3. The minimum absolute atomic E-state index is 0.309. The molecule has 180 valence electrons. The summed E-state index contributed by atoms with van der Waals surface area (Å²) in [6, 6.07) is 18.0. The van der Waals surface area contributed by atoms with Gasteiger partial charge in [-0.1, -0.05) is 29.8 Å². The molecule has 9 nitrogen and oxygen atoms in total. The fourth-order valence-electron chi connectivity index (χ4n) is 4.74. The summed E-state index contributed by atoms with van der Waals surface area (Å²) in [7, 11) is 1.57. The number of para-hydroxylation sites is 1. The summed E-state index contributed by atoms with van der Waals surface area (Å²) in [5, 5.41) is 5.80. The summed E-state index contributed by atoms with van der Waals surface area (Å²) >= 11 is 6.26. The lowest BCUT2D eigenvalue weighted by Gasteiger charge is -2.26. The molecule has 0 bridgehead atoms. The molecule has 1 atom stereocenters. The predicted molar refractivity (Wildman–Crippen MR) is 136 cm³/mol. The molecule has 1 unspecified atom stereocenters. The number of hydrogen-bond acceptors (Lipinski definition) is 8. The number of hydrogen-bond donors (Lipinski definition) is 0. The lowest BCUT2D eigenvalue weighted by atomic mass is 9.87. The lowest BCUT2D eigenvalue weighted by molar-refractivity contribution is 0.416. The van der Waals surface area contributed by atoms with E-state index in [9.17, 15) is 4.79 Å². The molecule has 0 radical (unpaired) electrons. The Morgan fingerprint density at radius 2 is 1.89 bits per heavy atom. The zero-order chi connectivity index (χ0) is 25.1. The van der Waals surface area contributed by atoms with Gasteiger partial charge in [-0.2, -0.15) is 0 Å². The molecule has 2 aromatic carbocycles. The third kappa shape index (κ3) is 3.28. The van der Waals surface area contributed by atoms with Gasteiger partial charge in [0, 0.05) is 11.2 Å². The van der Waals surface area contributed by atoms with Crippen LogP contribution in [-0.2, 0) is 0 Å². The smallest absolute Gasteiger partial charge is 0.344 e. The van der Waals surface area contributed by atoms with Crippen molar-refractivity contribution in [3.8, 4) is 28.8 Å². The van der Waals surface area contributed by atoms with E-state index >= 15 is 0 Å². The average Bonchev–Trinajstić information content (AvgIpc) is 3.37. The van der Waals surface area contributed by atoms with Gasteiger partial charge < -0.3 is 13.9 Å². The van der Waals surface area contributed by atoms with E-state index in [1.54, 1.807) is 48.2 Å². The first-order valence-electron chi connectivity index (χ1n) is 11.4. The molecule has 10 heteroatoms. The van der Waals surface area contributed by atoms with E-state index in [4.69, 9.17) is 30.5 Å². The van der Waals surface area contributed by atoms with Crippen molar-refractivity contribution >= 4 is 28.2 Å². The van der Waals surface area contributed by atoms with Crippen LogP contribution in [0.1, 0.15) is 22.7 Å². The van der Waals surface area contributed by atoms with Crippen LogP contribution < -0.4 is 15.1 Å². The van der Waals surface area contributed by atoms with E-state index in [0.29, 0.717) is 67.2 Å². The Morgan fingerprint density at radius 1 is 1.03 bits per heavy atom. The van der Waals surface area contributed by atoms with Gasteiger partial charge in [0.05, 0.1) is 40.8 Å². The Labute approximate surface area is 213 Å². The maximum atomic E-state index is 13.4. The Bertz CT molecular complexity index is 1900. The van der Waals surface area contributed by atoms with Crippen LogP contribution in [-0.4, -0.2) is 31.7 Å². The minimum Gasteiger partial charge on any atom is -0.496 e. The van der Waals surface area contributed by atoms with E-state index in [1.807, 2.05) is 30.3 Å². The van der Waals surface area contributed by atoms with Crippen molar-refractivity contribution in [3.05, 3.63) is 105 Å². The van der Waals surface area contributed by atoms with Gasteiger partial charge in [-0.05, 0) is 42.5 Å². The van der Waals surface area contributed by atoms with Crippen LogP contribution in [0.4, 0.5) is 0 Å². The van der Waals surface area contributed by atoms with E-state index in [-0.39, 0.29) is 0 Å². The summed E-state index contributed by atoms with van der Waals surface area (Å²) in [5.74, 6) is 0.990. The number of aromatic nitrogens is 5. The highest BCUT2D eigenvalue weighted by molar-refractivity contribution is 6.30. The van der Waals surface area contributed by atoms with Crippen molar-refractivity contribution in [2.75, 3.05) is 7.11 Å². The predicted octanol–water partition coefficient (Wildman–Crippen LogP) is 5.24. The Hall–Kier alpha value is -4.76. The van der Waals surface area contributed by atoms with E-state index < -0.39 is 11.5 Å². The Balaban J connectivity index is 1.54. The first-order chi connectivity index (χ1) is 18.1. The lowest BCUT2D eigenvalue weighted by Crippen LogP contribution is -2.23. The van der Waals surface area contributed by atoms with Crippen molar-refractivity contribution in [2.24, 2.45) is 0 Å². The van der Waals surface area contributed by atoms with Gasteiger partial charge in [0.15, 0.2) is 17.2 Å². The second-order valence-electron chi connectivity index (χ2n) is 8.43. The molecule has 37 heavy (non-hydrogen) atoms. The fourth-order valence-corrected chi connectivity index (χ4v) is 4.91. The Kier molecular flexibility index (Phi) is 4.73. The first-order valence-corrected chi connectivity index (χ1v) is 11.7. The van der Waals surface area contributed by atoms with Crippen LogP contribution >= 0.6 is 11.6 Å². The molecule has 0 fully saturated rings. The quantitative estimate of drug-likeness (QED) is 0.298. The summed E-state index contributed by atoms with van der Waals surface area (Å²) < 4.78 is 19.0. The van der Waals surface area contributed by atoms with Crippen LogP contribution in [0, 0.1) is 0 Å². The molecular weight excluding hydrogens is 494 g/mol.